The zero-order chi connectivity index (χ0) is 29.1. The first-order valence-corrected chi connectivity index (χ1v) is 14.9. The van der Waals surface area contributed by atoms with Gasteiger partial charge in [0.2, 0.25) is 12.5 Å². The second kappa shape index (κ2) is 12.8. The van der Waals surface area contributed by atoms with Crippen molar-refractivity contribution in [1.82, 2.24) is 19.8 Å². The fourth-order valence-corrected chi connectivity index (χ4v) is 6.65. The van der Waals surface area contributed by atoms with Crippen LogP contribution in [0.2, 0.25) is 10.0 Å². The van der Waals surface area contributed by atoms with Gasteiger partial charge in [0.15, 0.2) is 0 Å². The molecule has 3 atom stereocenters. The molecule has 0 radical (unpaired) electrons. The van der Waals surface area contributed by atoms with Gasteiger partial charge < -0.3 is 29.2 Å². The van der Waals surface area contributed by atoms with E-state index in [1.165, 1.54) is 12.5 Å². The quantitative estimate of drug-likeness (QED) is 0.326. The lowest BCUT2D eigenvalue weighted by Gasteiger charge is -2.41. The van der Waals surface area contributed by atoms with E-state index in [0.717, 1.165) is 48.6 Å². The van der Waals surface area contributed by atoms with Crippen LogP contribution in [0, 0.1) is 12.5 Å². The molecule has 2 aromatic rings. The smallest absolute Gasteiger partial charge is 0.318 e. The Bertz CT molecular complexity index is 1330. The predicted octanol–water partition coefficient (Wildman–Crippen LogP) is 4.58. The lowest BCUT2D eigenvalue weighted by Crippen LogP contribution is -2.56. The van der Waals surface area contributed by atoms with E-state index >= 15 is 0 Å². The van der Waals surface area contributed by atoms with Gasteiger partial charge in [-0.2, -0.15) is 9.97 Å². The summed E-state index contributed by atoms with van der Waals surface area (Å²) in [5.74, 6) is 1.15. The molecule has 3 aliphatic rings. The molecule has 9 nitrogen and oxygen atoms in total. The molecule has 2 aliphatic heterocycles. The number of amides is 1. The number of carbonyl (C=O) groups is 1. The van der Waals surface area contributed by atoms with Gasteiger partial charge in [0.25, 0.3) is 0 Å². The van der Waals surface area contributed by atoms with E-state index in [9.17, 15) is 4.79 Å². The molecule has 1 amide bonds. The third-order valence-electron chi connectivity index (χ3n) is 8.53. The van der Waals surface area contributed by atoms with E-state index in [-0.39, 0.29) is 18.5 Å². The fraction of sp³-hybridized carbons (Fsp3) is 0.533. The zero-order valence-corrected chi connectivity index (χ0v) is 25.2. The van der Waals surface area contributed by atoms with Gasteiger partial charge in [-0.3, -0.25) is 4.79 Å². The third kappa shape index (κ3) is 6.40. The van der Waals surface area contributed by atoms with Crippen molar-refractivity contribution in [2.45, 2.75) is 44.3 Å². The maximum atomic E-state index is 12.5. The van der Waals surface area contributed by atoms with Crippen molar-refractivity contribution in [3.8, 4) is 6.01 Å². The molecule has 2 fully saturated rings. The Balaban J connectivity index is 1.43. The van der Waals surface area contributed by atoms with E-state index in [1.54, 1.807) is 11.0 Å². The minimum Gasteiger partial charge on any atom is -0.463 e. The maximum Gasteiger partial charge on any atom is 0.318 e. The van der Waals surface area contributed by atoms with Crippen molar-refractivity contribution in [2.75, 3.05) is 63.2 Å². The normalized spacial score (nSPS) is 22.4. The average Bonchev–Trinajstić information content (AvgIpc) is 3.46. The number of hydrogen-bond donors (Lipinski definition) is 0. The molecule has 1 saturated carbocycles. The monoisotopic (exact) mass is 597 g/mol. The van der Waals surface area contributed by atoms with E-state index in [4.69, 9.17) is 44.5 Å². The number of rotatable bonds is 8. The number of anilines is 2. The van der Waals surface area contributed by atoms with Crippen LogP contribution < -0.4 is 14.5 Å². The van der Waals surface area contributed by atoms with Gasteiger partial charge in [-0.25, -0.2) is 6.57 Å². The second-order valence-corrected chi connectivity index (χ2v) is 12.1. The summed E-state index contributed by atoms with van der Waals surface area (Å²) in [5.41, 5.74) is 2.85. The molecular formula is C30H37Cl2N7O2. The van der Waals surface area contributed by atoms with Crippen LogP contribution in [-0.2, 0) is 17.8 Å². The van der Waals surface area contributed by atoms with E-state index in [2.05, 4.69) is 40.2 Å². The summed E-state index contributed by atoms with van der Waals surface area (Å²) in [6.07, 6.45) is 5.44. The van der Waals surface area contributed by atoms with E-state index < -0.39 is 0 Å². The van der Waals surface area contributed by atoms with Crippen LogP contribution in [0.25, 0.3) is 4.85 Å². The van der Waals surface area contributed by atoms with E-state index in [1.807, 2.05) is 12.1 Å². The summed E-state index contributed by atoms with van der Waals surface area (Å²) in [6, 6.07) is 6.38. The summed E-state index contributed by atoms with van der Waals surface area (Å²) < 4.78 is 6.29. The van der Waals surface area contributed by atoms with Gasteiger partial charge in [-0.1, -0.05) is 35.8 Å². The Morgan fingerprint density at radius 3 is 2.78 bits per heavy atom. The van der Waals surface area contributed by atoms with Crippen LogP contribution in [-0.4, -0.2) is 91.2 Å². The number of fused-ring (bicyclic) bond motifs is 1. The van der Waals surface area contributed by atoms with Gasteiger partial charge in [0.1, 0.15) is 11.9 Å². The second-order valence-electron chi connectivity index (χ2n) is 11.3. The molecule has 1 aromatic carbocycles. The van der Waals surface area contributed by atoms with Gasteiger partial charge in [-0.05, 0) is 63.9 Å². The van der Waals surface area contributed by atoms with Crippen molar-refractivity contribution in [3.63, 3.8) is 0 Å². The molecule has 0 bridgehead atoms. The Kier molecular flexibility index (Phi) is 9.22. The van der Waals surface area contributed by atoms with Crippen LogP contribution in [0.15, 0.2) is 30.9 Å². The molecule has 218 valence electrons. The fourth-order valence-electron chi connectivity index (χ4n) is 6.23. The number of benzene rings is 1. The van der Waals surface area contributed by atoms with Gasteiger partial charge in [-0.15, -0.1) is 0 Å². The lowest BCUT2D eigenvalue weighted by atomic mass is 10.0. The number of carbonyl (C=O) groups excluding carboxylic acids is 1. The molecule has 0 N–H and O–H groups in total. The van der Waals surface area contributed by atoms with Crippen LogP contribution in [0.4, 0.5) is 11.5 Å². The third-order valence-corrected chi connectivity index (χ3v) is 9.34. The number of ether oxygens (including phenoxy) is 1. The molecule has 1 saturated heterocycles. The molecule has 3 heterocycles. The first kappa shape index (κ1) is 29.4. The highest BCUT2D eigenvalue weighted by molar-refractivity contribution is 6.43. The molecule has 5 rings (SSSR count). The molecule has 0 unspecified atom stereocenters. The largest absolute Gasteiger partial charge is 0.463 e. The highest BCUT2D eigenvalue weighted by Gasteiger charge is 2.35. The number of aromatic nitrogens is 2. The molecule has 1 aliphatic carbocycles. The van der Waals surface area contributed by atoms with Crippen molar-refractivity contribution in [1.29, 1.82) is 0 Å². The summed E-state index contributed by atoms with van der Waals surface area (Å²) in [6.45, 7) is 14.8. The standard InChI is InChI=1S/C30H37Cl2N7O2/c1-5-27(40)39-14-13-38(17-22(39)16-33-2)29-23-11-12-37(26-8-6-7-24(31)28(26)32)18-25(23)34-30(35-29)41-19-20-9-10-21(15-20)36(3)4/h5-8,20-22H,1,9-19H2,3-4H3/t20-,21-,22+/m1/s1. The number of halogens is 2. The maximum absolute atomic E-state index is 12.5. The van der Waals surface area contributed by atoms with Crippen molar-refractivity contribution < 1.29 is 9.53 Å². The summed E-state index contributed by atoms with van der Waals surface area (Å²) in [7, 11) is 4.27. The van der Waals surface area contributed by atoms with Gasteiger partial charge >= 0.3 is 6.01 Å². The lowest BCUT2D eigenvalue weighted by molar-refractivity contribution is -0.128. The average molecular weight is 599 g/mol. The SMILES string of the molecule is [C-]#[N+]C[C@H]1CN(c2nc(OC[C@@H]3CC[C@@H](N(C)C)C3)nc3c2CCN(c2cccc(Cl)c2Cl)C3)CCN1C(=O)C=C. The highest BCUT2D eigenvalue weighted by Crippen LogP contribution is 2.37. The number of nitrogens with zero attached hydrogens (tertiary/aromatic N) is 7. The van der Waals surface area contributed by atoms with Crippen molar-refractivity contribution >= 4 is 40.6 Å². The number of hydrogen-bond acceptors (Lipinski definition) is 7. The predicted molar refractivity (Wildman–Crippen MR) is 163 cm³/mol. The molecule has 41 heavy (non-hydrogen) atoms. The zero-order valence-electron chi connectivity index (χ0n) is 23.7. The number of piperazine rings is 1. The first-order chi connectivity index (χ1) is 19.8. The van der Waals surface area contributed by atoms with Gasteiger partial charge in [0, 0.05) is 37.8 Å². The summed E-state index contributed by atoms with van der Waals surface area (Å²) >= 11 is 12.9. The molecular weight excluding hydrogens is 561 g/mol. The van der Waals surface area contributed by atoms with Gasteiger partial charge in [0.05, 0.1) is 34.6 Å². The van der Waals surface area contributed by atoms with Crippen LogP contribution >= 0.6 is 23.2 Å². The van der Waals surface area contributed by atoms with E-state index in [0.29, 0.717) is 60.8 Å². The summed E-state index contributed by atoms with van der Waals surface area (Å²) in [5, 5.41) is 1.05. The van der Waals surface area contributed by atoms with Crippen LogP contribution in [0.5, 0.6) is 6.01 Å². The van der Waals surface area contributed by atoms with Crippen LogP contribution in [0.1, 0.15) is 30.5 Å². The highest BCUT2D eigenvalue weighted by atomic mass is 35.5. The molecule has 1 aromatic heterocycles. The Labute approximate surface area is 252 Å². The molecule has 11 heteroatoms. The minimum absolute atomic E-state index is 0.145. The minimum atomic E-state index is -0.242. The van der Waals surface area contributed by atoms with Crippen LogP contribution in [0.3, 0.4) is 0 Å². The topological polar surface area (TPSA) is 69.4 Å². The molecule has 0 spiro atoms. The van der Waals surface area contributed by atoms with Crippen molar-refractivity contribution in [3.05, 3.63) is 63.6 Å². The first-order valence-electron chi connectivity index (χ1n) is 14.2. The Morgan fingerprint density at radius 2 is 2.05 bits per heavy atom. The Hall–Kier alpha value is -3.06. The summed E-state index contributed by atoms with van der Waals surface area (Å²) in [4.78, 5) is 34.4. The van der Waals surface area contributed by atoms with Crippen molar-refractivity contribution in [2.24, 2.45) is 5.92 Å². The Morgan fingerprint density at radius 1 is 1.22 bits per heavy atom.